The Kier molecular flexibility index (Phi) is 4.36. The fourth-order valence-electron chi connectivity index (χ4n) is 1.71. The minimum atomic E-state index is -3.59. The van der Waals surface area contributed by atoms with Crippen LogP contribution in [0, 0.1) is 6.92 Å². The van der Waals surface area contributed by atoms with Gasteiger partial charge < -0.3 is 9.73 Å². The van der Waals surface area contributed by atoms with Crippen molar-refractivity contribution in [3.63, 3.8) is 0 Å². The van der Waals surface area contributed by atoms with Crippen molar-refractivity contribution in [3.05, 3.63) is 46.9 Å². The van der Waals surface area contributed by atoms with Gasteiger partial charge in [-0.15, -0.1) is 0 Å². The number of hydrogen-bond acceptors (Lipinski definition) is 4. The van der Waals surface area contributed by atoms with E-state index in [9.17, 15) is 13.2 Å². The first-order valence-electron chi connectivity index (χ1n) is 5.94. The van der Waals surface area contributed by atoms with E-state index in [4.69, 9.17) is 16.0 Å². The number of sulfonamides is 1. The molecule has 1 amide bonds. The molecule has 8 heteroatoms. The maximum atomic E-state index is 11.9. The number of benzene rings is 1. The van der Waals surface area contributed by atoms with E-state index in [-0.39, 0.29) is 15.9 Å². The third kappa shape index (κ3) is 3.44. The van der Waals surface area contributed by atoms with Crippen LogP contribution in [0.5, 0.6) is 0 Å². The van der Waals surface area contributed by atoms with Gasteiger partial charge in [-0.2, -0.15) is 0 Å². The van der Waals surface area contributed by atoms with Gasteiger partial charge in [0.25, 0.3) is 5.91 Å². The average molecular weight is 329 g/mol. The van der Waals surface area contributed by atoms with E-state index in [2.05, 4.69) is 10.0 Å². The summed E-state index contributed by atoms with van der Waals surface area (Å²) in [6, 6.07) is 7.46. The van der Waals surface area contributed by atoms with Crippen molar-refractivity contribution in [3.8, 4) is 0 Å². The van der Waals surface area contributed by atoms with E-state index in [0.29, 0.717) is 11.3 Å². The number of hydrogen-bond donors (Lipinski definition) is 2. The van der Waals surface area contributed by atoms with Crippen molar-refractivity contribution in [1.82, 2.24) is 4.72 Å². The monoisotopic (exact) mass is 328 g/mol. The van der Waals surface area contributed by atoms with Gasteiger partial charge in [-0.3, -0.25) is 4.79 Å². The van der Waals surface area contributed by atoms with Crippen LogP contribution in [-0.4, -0.2) is 21.4 Å². The Morgan fingerprint density at radius 1 is 1.24 bits per heavy atom. The van der Waals surface area contributed by atoms with Gasteiger partial charge in [-0.25, -0.2) is 13.1 Å². The lowest BCUT2D eigenvalue weighted by molar-refractivity contribution is 0.0996. The zero-order chi connectivity index (χ0) is 15.6. The first-order chi connectivity index (χ1) is 9.83. The Bertz CT molecular complexity index is 783. The molecule has 1 aromatic heterocycles. The molecule has 2 rings (SSSR count). The van der Waals surface area contributed by atoms with Crippen LogP contribution in [0.3, 0.4) is 0 Å². The highest BCUT2D eigenvalue weighted by atomic mass is 35.5. The van der Waals surface area contributed by atoms with E-state index in [1.807, 2.05) is 0 Å². The van der Waals surface area contributed by atoms with Crippen molar-refractivity contribution in [2.45, 2.75) is 11.8 Å². The van der Waals surface area contributed by atoms with Crippen LogP contribution in [0.15, 0.2) is 39.6 Å². The molecule has 2 N–H and O–H groups in total. The normalized spacial score (nSPS) is 11.4. The Balaban J connectivity index is 2.30. The highest BCUT2D eigenvalue weighted by Gasteiger charge is 2.17. The van der Waals surface area contributed by atoms with Crippen molar-refractivity contribution >= 4 is 33.2 Å². The van der Waals surface area contributed by atoms with Crippen molar-refractivity contribution in [1.29, 1.82) is 0 Å². The molecule has 0 saturated carbocycles. The van der Waals surface area contributed by atoms with Gasteiger partial charge in [0.1, 0.15) is 0 Å². The van der Waals surface area contributed by atoms with Crippen LogP contribution in [0.4, 0.5) is 5.69 Å². The molecule has 0 fully saturated rings. The van der Waals surface area contributed by atoms with Gasteiger partial charge in [0.15, 0.2) is 11.0 Å². The highest BCUT2D eigenvalue weighted by molar-refractivity contribution is 7.89. The molecule has 0 aliphatic carbocycles. The molecule has 0 aliphatic heterocycles. The van der Waals surface area contributed by atoms with Gasteiger partial charge in [-0.05, 0) is 55.4 Å². The van der Waals surface area contributed by atoms with Crippen LogP contribution in [0.25, 0.3) is 0 Å². The van der Waals surface area contributed by atoms with Crippen molar-refractivity contribution < 1.29 is 17.6 Å². The molecule has 21 heavy (non-hydrogen) atoms. The van der Waals surface area contributed by atoms with E-state index < -0.39 is 15.9 Å². The molecule has 1 aromatic carbocycles. The largest absolute Gasteiger partial charge is 0.440 e. The Labute approximate surface area is 127 Å². The number of carbonyl (C=O) groups excluding carboxylic acids is 1. The third-order valence-electron chi connectivity index (χ3n) is 2.80. The van der Waals surface area contributed by atoms with E-state index in [1.165, 1.54) is 25.2 Å². The number of aryl methyl sites for hydroxylation is 1. The molecule has 0 atom stereocenters. The zero-order valence-electron chi connectivity index (χ0n) is 11.3. The molecular weight excluding hydrogens is 316 g/mol. The summed E-state index contributed by atoms with van der Waals surface area (Å²) < 4.78 is 31.0. The van der Waals surface area contributed by atoms with Crippen LogP contribution in [-0.2, 0) is 10.0 Å². The number of nitrogens with one attached hydrogen (secondary N) is 2. The molecule has 0 unspecified atom stereocenters. The Morgan fingerprint density at radius 2 is 1.95 bits per heavy atom. The summed E-state index contributed by atoms with van der Waals surface area (Å²) in [4.78, 5) is 12.0. The lowest BCUT2D eigenvalue weighted by Crippen LogP contribution is -2.20. The second kappa shape index (κ2) is 5.88. The standard InChI is InChI=1S/C13H13ClN2O4S/c1-8-3-4-9(7-11(8)21(18,19)15-2)16-13(17)10-5-6-12(14)20-10/h3-7,15H,1-2H3,(H,16,17). The predicted octanol–water partition coefficient (Wildman–Crippen LogP) is 2.40. The molecule has 0 saturated heterocycles. The molecular formula is C13H13ClN2O4S. The molecule has 0 bridgehead atoms. The number of anilines is 1. The minimum Gasteiger partial charge on any atom is -0.440 e. The zero-order valence-corrected chi connectivity index (χ0v) is 12.9. The maximum Gasteiger partial charge on any atom is 0.291 e. The fourth-order valence-corrected chi connectivity index (χ4v) is 2.85. The van der Waals surface area contributed by atoms with E-state index in [0.717, 1.165) is 0 Å². The second-order valence-electron chi connectivity index (χ2n) is 4.25. The number of amides is 1. The van der Waals surface area contributed by atoms with Gasteiger partial charge >= 0.3 is 0 Å². The van der Waals surface area contributed by atoms with E-state index in [1.54, 1.807) is 19.1 Å². The summed E-state index contributed by atoms with van der Waals surface area (Å²) in [6.07, 6.45) is 0. The highest BCUT2D eigenvalue weighted by Crippen LogP contribution is 2.21. The summed E-state index contributed by atoms with van der Waals surface area (Å²) in [6.45, 7) is 1.67. The fraction of sp³-hybridized carbons (Fsp3) is 0.154. The van der Waals surface area contributed by atoms with Crippen LogP contribution in [0.2, 0.25) is 5.22 Å². The maximum absolute atomic E-state index is 11.9. The summed E-state index contributed by atoms with van der Waals surface area (Å²) in [5.41, 5.74) is 0.912. The SMILES string of the molecule is CNS(=O)(=O)c1cc(NC(=O)c2ccc(Cl)o2)ccc1C. The van der Waals surface area contributed by atoms with Crippen LogP contribution >= 0.6 is 11.6 Å². The van der Waals surface area contributed by atoms with Crippen molar-refractivity contribution in [2.75, 3.05) is 12.4 Å². The molecule has 0 aliphatic rings. The topological polar surface area (TPSA) is 88.4 Å². The number of carbonyl (C=O) groups is 1. The Morgan fingerprint density at radius 3 is 2.52 bits per heavy atom. The molecule has 0 radical (unpaired) electrons. The third-order valence-corrected chi connectivity index (χ3v) is 4.56. The van der Waals surface area contributed by atoms with Crippen molar-refractivity contribution in [2.24, 2.45) is 0 Å². The van der Waals surface area contributed by atoms with Crippen LogP contribution in [0.1, 0.15) is 16.1 Å². The lowest BCUT2D eigenvalue weighted by atomic mass is 10.2. The number of furan rings is 1. The molecule has 2 aromatic rings. The lowest BCUT2D eigenvalue weighted by Gasteiger charge is -2.09. The van der Waals surface area contributed by atoms with E-state index >= 15 is 0 Å². The summed E-state index contributed by atoms with van der Waals surface area (Å²) in [7, 11) is -2.27. The number of halogens is 1. The first kappa shape index (κ1) is 15.6. The molecule has 1 heterocycles. The van der Waals surface area contributed by atoms with Gasteiger partial charge in [-0.1, -0.05) is 6.07 Å². The molecule has 6 nitrogen and oxygen atoms in total. The summed E-state index contributed by atoms with van der Waals surface area (Å²) in [5, 5.41) is 2.65. The smallest absolute Gasteiger partial charge is 0.291 e. The first-order valence-corrected chi connectivity index (χ1v) is 7.80. The minimum absolute atomic E-state index is 0.0404. The molecule has 112 valence electrons. The van der Waals surface area contributed by atoms with Crippen LogP contribution < -0.4 is 10.0 Å². The van der Waals surface area contributed by atoms with Gasteiger partial charge in [0.05, 0.1) is 4.90 Å². The average Bonchev–Trinajstić information content (AvgIpc) is 2.87. The van der Waals surface area contributed by atoms with Gasteiger partial charge in [0, 0.05) is 5.69 Å². The predicted molar refractivity (Wildman–Crippen MR) is 79.1 cm³/mol. The summed E-state index contributed by atoms with van der Waals surface area (Å²) in [5.74, 6) is -0.475. The quantitative estimate of drug-likeness (QED) is 0.902. The van der Waals surface area contributed by atoms with Gasteiger partial charge in [0.2, 0.25) is 10.0 Å². The summed E-state index contributed by atoms with van der Waals surface area (Å²) >= 11 is 5.60. The second-order valence-corrected chi connectivity index (χ2v) is 6.47. The molecule has 0 spiro atoms. The number of rotatable bonds is 4. The Hall–Kier alpha value is -1.83.